The number of rotatable bonds is 12. The molecule has 4 aromatic rings. The van der Waals surface area contributed by atoms with Gasteiger partial charge < -0.3 is 38.9 Å². The first-order chi connectivity index (χ1) is 22.5. The van der Waals surface area contributed by atoms with E-state index in [1.54, 1.807) is 17.0 Å². The highest BCUT2D eigenvalue weighted by Gasteiger charge is 2.35. The highest BCUT2D eigenvalue weighted by molar-refractivity contribution is 5.90. The van der Waals surface area contributed by atoms with E-state index in [0.717, 1.165) is 54.1 Å². The van der Waals surface area contributed by atoms with Gasteiger partial charge in [0.15, 0.2) is 23.0 Å². The van der Waals surface area contributed by atoms with Gasteiger partial charge in [0.05, 0.1) is 21.3 Å². The van der Waals surface area contributed by atoms with Gasteiger partial charge in [-0.1, -0.05) is 43.5 Å². The van der Waals surface area contributed by atoms with Crippen LogP contribution in [0, 0.1) is 0 Å². The molecule has 0 bridgehead atoms. The number of aromatic nitrogens is 1. The summed E-state index contributed by atoms with van der Waals surface area (Å²) in [7, 11) is 4.61. The van der Waals surface area contributed by atoms with Gasteiger partial charge in [0, 0.05) is 36.1 Å². The highest BCUT2D eigenvalue weighted by atomic mass is 16.7. The molecule has 3 aromatic carbocycles. The first-order valence-corrected chi connectivity index (χ1v) is 15.8. The molecule has 0 radical (unpaired) electrons. The number of hydrogen-bond donors (Lipinski definition) is 2. The number of nitrogens with zero attached hydrogens (tertiary/aromatic N) is 1. The predicted molar refractivity (Wildman–Crippen MR) is 174 cm³/mol. The number of ether oxygens (including phenoxy) is 5. The van der Waals surface area contributed by atoms with Crippen molar-refractivity contribution in [3.8, 4) is 28.7 Å². The average molecular weight is 628 g/mol. The van der Waals surface area contributed by atoms with Crippen LogP contribution in [0.1, 0.15) is 61.3 Å². The fourth-order valence-electron chi connectivity index (χ4n) is 6.54. The summed E-state index contributed by atoms with van der Waals surface area (Å²) in [6.45, 7) is 0.312. The second-order valence-corrected chi connectivity index (χ2v) is 11.8. The Morgan fingerprint density at radius 3 is 2.41 bits per heavy atom. The lowest BCUT2D eigenvalue weighted by molar-refractivity contribution is -0.142. The summed E-state index contributed by atoms with van der Waals surface area (Å²) >= 11 is 0. The number of carbonyl (C=O) groups is 2. The molecule has 1 atom stereocenters. The molecule has 1 aromatic heterocycles. The van der Waals surface area contributed by atoms with Crippen LogP contribution in [-0.4, -0.2) is 55.9 Å². The van der Waals surface area contributed by atoms with Crippen molar-refractivity contribution in [2.45, 2.75) is 63.6 Å². The minimum absolute atomic E-state index is 0.0412. The van der Waals surface area contributed by atoms with Crippen LogP contribution in [0.3, 0.4) is 0 Å². The predicted octanol–water partition coefficient (Wildman–Crippen LogP) is 6.07. The molecule has 2 heterocycles. The molecule has 6 rings (SSSR count). The summed E-state index contributed by atoms with van der Waals surface area (Å²) in [6, 6.07) is 16.2. The zero-order valence-corrected chi connectivity index (χ0v) is 26.6. The number of fused-ring (bicyclic) bond motifs is 2. The van der Waals surface area contributed by atoms with E-state index in [1.165, 1.54) is 21.3 Å². The number of carbonyl (C=O) groups excluding carboxylic acids is 2. The normalized spacial score (nSPS) is 14.9. The fraction of sp³-hybridized carbons (Fsp3) is 0.389. The van der Waals surface area contributed by atoms with Crippen molar-refractivity contribution in [2.24, 2.45) is 0 Å². The summed E-state index contributed by atoms with van der Waals surface area (Å²) < 4.78 is 28.1. The van der Waals surface area contributed by atoms with Crippen molar-refractivity contribution < 1.29 is 33.3 Å². The van der Waals surface area contributed by atoms with Crippen LogP contribution in [0.15, 0.2) is 60.8 Å². The molecule has 1 saturated carbocycles. The lowest BCUT2D eigenvalue weighted by Crippen LogP contribution is -2.47. The third-order valence-corrected chi connectivity index (χ3v) is 8.91. The van der Waals surface area contributed by atoms with Crippen LogP contribution in [-0.2, 0) is 22.6 Å². The maximum absolute atomic E-state index is 14.4. The fourth-order valence-corrected chi connectivity index (χ4v) is 6.54. The van der Waals surface area contributed by atoms with Crippen molar-refractivity contribution >= 4 is 22.7 Å². The molecule has 242 valence electrons. The molecule has 10 heteroatoms. The van der Waals surface area contributed by atoms with E-state index in [1.807, 2.05) is 48.7 Å². The number of H-pyrrole nitrogens is 1. The number of aromatic amines is 1. The van der Waals surface area contributed by atoms with E-state index in [9.17, 15) is 9.59 Å². The van der Waals surface area contributed by atoms with Crippen molar-refractivity contribution in [1.29, 1.82) is 0 Å². The third-order valence-electron chi connectivity index (χ3n) is 8.91. The number of para-hydroxylation sites is 1. The van der Waals surface area contributed by atoms with Gasteiger partial charge in [0.2, 0.25) is 24.4 Å². The van der Waals surface area contributed by atoms with E-state index in [0.29, 0.717) is 40.7 Å². The molecule has 0 unspecified atom stereocenters. The molecule has 1 fully saturated rings. The standard InChI is InChI=1S/C36H41N3O7/c1-42-31-18-25(19-32(43-2)35(31)44-3)34(36(41)38-26-9-5-4-6-10-26)39(21-23-13-15-29-30(17-23)46-22-45-29)33(40)16-14-24-20-37-28-12-8-7-11-27(24)28/h7-8,11-13,15,17-20,26,34,37H,4-6,9-10,14,16,21-22H2,1-3H3,(H,38,41)/t34-/m0/s1. The van der Waals surface area contributed by atoms with Crippen LogP contribution in [0.25, 0.3) is 10.9 Å². The molecule has 0 saturated heterocycles. The van der Waals surface area contributed by atoms with Gasteiger partial charge in [0.25, 0.3) is 0 Å². The monoisotopic (exact) mass is 627 g/mol. The number of hydrogen-bond acceptors (Lipinski definition) is 7. The Morgan fingerprint density at radius 2 is 1.67 bits per heavy atom. The first kappa shape index (κ1) is 31.1. The van der Waals surface area contributed by atoms with Crippen LogP contribution in [0.2, 0.25) is 0 Å². The van der Waals surface area contributed by atoms with E-state index < -0.39 is 6.04 Å². The maximum atomic E-state index is 14.4. The number of benzene rings is 3. The Hall–Kier alpha value is -4.86. The lowest BCUT2D eigenvalue weighted by Gasteiger charge is -2.34. The quantitative estimate of drug-likeness (QED) is 0.196. The molecule has 0 spiro atoms. The minimum atomic E-state index is -0.975. The Labute approximate surface area is 268 Å². The molecule has 2 aliphatic rings. The Kier molecular flexibility index (Phi) is 9.51. The topological polar surface area (TPSA) is 111 Å². The number of nitrogens with one attached hydrogen (secondary N) is 2. The summed E-state index contributed by atoms with van der Waals surface area (Å²) in [6.07, 6.45) is 7.75. The van der Waals surface area contributed by atoms with Crippen LogP contribution >= 0.6 is 0 Å². The van der Waals surface area contributed by atoms with Crippen LogP contribution in [0.4, 0.5) is 0 Å². The van der Waals surface area contributed by atoms with E-state index >= 15 is 0 Å². The zero-order chi connectivity index (χ0) is 32.0. The van der Waals surface area contributed by atoms with Gasteiger partial charge in [-0.3, -0.25) is 9.59 Å². The van der Waals surface area contributed by atoms with Gasteiger partial charge in [-0.2, -0.15) is 0 Å². The largest absolute Gasteiger partial charge is 0.493 e. The van der Waals surface area contributed by atoms with Gasteiger partial charge in [-0.15, -0.1) is 0 Å². The third kappa shape index (κ3) is 6.56. The van der Waals surface area contributed by atoms with E-state index in [2.05, 4.69) is 10.3 Å². The van der Waals surface area contributed by atoms with Crippen molar-refractivity contribution in [3.05, 3.63) is 77.5 Å². The maximum Gasteiger partial charge on any atom is 0.247 e. The SMILES string of the molecule is COc1cc([C@@H](C(=O)NC2CCCCC2)N(Cc2ccc3c(c2)OCO3)C(=O)CCc2c[nH]c3ccccc23)cc(OC)c1OC. The lowest BCUT2D eigenvalue weighted by atomic mass is 9.94. The molecule has 2 amide bonds. The molecular weight excluding hydrogens is 586 g/mol. The van der Waals surface area contributed by atoms with Gasteiger partial charge >= 0.3 is 0 Å². The van der Waals surface area contributed by atoms with Crippen molar-refractivity contribution in [1.82, 2.24) is 15.2 Å². The summed E-state index contributed by atoms with van der Waals surface area (Å²) in [5, 5.41) is 4.36. The molecule has 1 aliphatic carbocycles. The van der Waals surface area contributed by atoms with Gasteiger partial charge in [-0.05, 0) is 66.3 Å². The van der Waals surface area contributed by atoms with E-state index in [-0.39, 0.29) is 37.6 Å². The summed E-state index contributed by atoms with van der Waals surface area (Å²) in [4.78, 5) is 33.8. The first-order valence-electron chi connectivity index (χ1n) is 15.8. The number of amides is 2. The summed E-state index contributed by atoms with van der Waals surface area (Å²) in [5.74, 6) is 2.07. The van der Waals surface area contributed by atoms with Crippen molar-refractivity contribution in [2.75, 3.05) is 28.1 Å². The van der Waals surface area contributed by atoms with Crippen LogP contribution < -0.4 is 29.0 Å². The zero-order valence-electron chi connectivity index (χ0n) is 26.6. The van der Waals surface area contributed by atoms with E-state index in [4.69, 9.17) is 23.7 Å². The Bertz CT molecular complexity index is 1670. The minimum Gasteiger partial charge on any atom is -0.493 e. The van der Waals surface area contributed by atoms with Crippen molar-refractivity contribution in [3.63, 3.8) is 0 Å². The van der Waals surface area contributed by atoms with Gasteiger partial charge in [0.1, 0.15) is 6.04 Å². The van der Waals surface area contributed by atoms with Crippen LogP contribution in [0.5, 0.6) is 28.7 Å². The summed E-state index contributed by atoms with van der Waals surface area (Å²) in [5.41, 5.74) is 3.43. The molecule has 10 nitrogen and oxygen atoms in total. The van der Waals surface area contributed by atoms with Gasteiger partial charge in [-0.25, -0.2) is 0 Å². The molecular formula is C36H41N3O7. The second kappa shape index (κ2) is 14.1. The number of methoxy groups -OCH3 is 3. The Balaban J connectivity index is 1.40. The second-order valence-electron chi connectivity index (χ2n) is 11.8. The number of aryl methyl sites for hydroxylation is 1. The highest BCUT2D eigenvalue weighted by Crippen LogP contribution is 2.42. The molecule has 46 heavy (non-hydrogen) atoms. The molecule has 1 aliphatic heterocycles. The Morgan fingerprint density at radius 1 is 0.935 bits per heavy atom. The molecule has 2 N–H and O–H groups in total. The smallest absolute Gasteiger partial charge is 0.247 e. The average Bonchev–Trinajstić information content (AvgIpc) is 3.73.